The number of carbonyl (C=O) groups is 1. The summed E-state index contributed by atoms with van der Waals surface area (Å²) < 4.78 is 1.93. The summed E-state index contributed by atoms with van der Waals surface area (Å²) in [5.41, 5.74) is 5.67. The molecular formula is C11H20N4O. The molecular weight excluding hydrogens is 204 g/mol. The van der Waals surface area contributed by atoms with E-state index >= 15 is 0 Å². The summed E-state index contributed by atoms with van der Waals surface area (Å²) in [4.78, 5) is 15.7. The van der Waals surface area contributed by atoms with Gasteiger partial charge in [0.2, 0.25) is 5.91 Å². The zero-order valence-corrected chi connectivity index (χ0v) is 10.1. The van der Waals surface area contributed by atoms with Crippen molar-refractivity contribution in [3.05, 3.63) is 18.7 Å². The van der Waals surface area contributed by atoms with E-state index in [1.807, 2.05) is 31.5 Å². The Labute approximate surface area is 96.0 Å². The van der Waals surface area contributed by atoms with Crippen molar-refractivity contribution in [2.75, 3.05) is 0 Å². The van der Waals surface area contributed by atoms with Gasteiger partial charge in [0.15, 0.2) is 0 Å². The van der Waals surface area contributed by atoms with Gasteiger partial charge in [0, 0.05) is 36.9 Å². The molecule has 0 saturated carbocycles. The minimum absolute atomic E-state index is 0.00242. The Kier molecular flexibility index (Phi) is 4.49. The van der Waals surface area contributed by atoms with Gasteiger partial charge in [0.25, 0.3) is 0 Å². The second kappa shape index (κ2) is 5.65. The largest absolute Gasteiger partial charge is 0.352 e. The van der Waals surface area contributed by atoms with Crippen LogP contribution in [-0.4, -0.2) is 27.5 Å². The standard InChI is InChI=1S/C11H20N4O/c1-8(6-15-5-4-13-7-15)14-11(16)9(2)10(3)12/h4-5,7-10H,6,12H2,1-3H3,(H,14,16). The zero-order chi connectivity index (χ0) is 12.1. The van der Waals surface area contributed by atoms with Crippen LogP contribution in [-0.2, 0) is 11.3 Å². The molecule has 3 N–H and O–H groups in total. The van der Waals surface area contributed by atoms with E-state index in [-0.39, 0.29) is 23.9 Å². The van der Waals surface area contributed by atoms with Gasteiger partial charge in [-0.15, -0.1) is 0 Å². The number of hydrogen-bond acceptors (Lipinski definition) is 3. The van der Waals surface area contributed by atoms with Crippen LogP contribution in [0.25, 0.3) is 0 Å². The van der Waals surface area contributed by atoms with Crippen molar-refractivity contribution < 1.29 is 4.79 Å². The maximum absolute atomic E-state index is 11.7. The molecule has 1 rings (SSSR count). The fourth-order valence-corrected chi connectivity index (χ4v) is 1.37. The van der Waals surface area contributed by atoms with Crippen molar-refractivity contribution >= 4 is 5.91 Å². The number of imidazole rings is 1. The van der Waals surface area contributed by atoms with Gasteiger partial charge in [0.05, 0.1) is 6.33 Å². The molecule has 16 heavy (non-hydrogen) atoms. The Morgan fingerprint density at radius 1 is 1.50 bits per heavy atom. The van der Waals surface area contributed by atoms with Crippen LogP contribution in [0.3, 0.4) is 0 Å². The molecule has 1 aromatic heterocycles. The summed E-state index contributed by atoms with van der Waals surface area (Å²) in [6.45, 7) is 6.36. The summed E-state index contributed by atoms with van der Waals surface area (Å²) in [7, 11) is 0. The van der Waals surface area contributed by atoms with E-state index in [1.54, 1.807) is 12.5 Å². The third-order valence-electron chi connectivity index (χ3n) is 2.63. The van der Waals surface area contributed by atoms with Crippen molar-refractivity contribution in [2.24, 2.45) is 11.7 Å². The normalized spacial score (nSPS) is 16.5. The topological polar surface area (TPSA) is 72.9 Å². The first-order chi connectivity index (χ1) is 7.50. The number of carbonyl (C=O) groups excluding carboxylic acids is 1. The summed E-state index contributed by atoms with van der Waals surface area (Å²) >= 11 is 0. The molecule has 0 bridgehead atoms. The average molecular weight is 224 g/mol. The predicted molar refractivity (Wildman–Crippen MR) is 62.6 cm³/mol. The van der Waals surface area contributed by atoms with Crippen molar-refractivity contribution in [3.63, 3.8) is 0 Å². The van der Waals surface area contributed by atoms with Gasteiger partial charge in [-0.2, -0.15) is 0 Å². The van der Waals surface area contributed by atoms with Crippen LogP contribution in [0.1, 0.15) is 20.8 Å². The molecule has 5 nitrogen and oxygen atoms in total. The third-order valence-corrected chi connectivity index (χ3v) is 2.63. The molecule has 3 unspecified atom stereocenters. The molecule has 0 radical (unpaired) electrons. The lowest BCUT2D eigenvalue weighted by Gasteiger charge is -2.19. The van der Waals surface area contributed by atoms with E-state index in [9.17, 15) is 4.79 Å². The van der Waals surface area contributed by atoms with Gasteiger partial charge in [-0.05, 0) is 13.8 Å². The quantitative estimate of drug-likeness (QED) is 0.759. The Hall–Kier alpha value is -1.36. The highest BCUT2D eigenvalue weighted by Gasteiger charge is 2.18. The van der Waals surface area contributed by atoms with Gasteiger partial charge in [-0.25, -0.2) is 4.98 Å². The van der Waals surface area contributed by atoms with Crippen LogP contribution >= 0.6 is 0 Å². The number of amides is 1. The third kappa shape index (κ3) is 3.66. The number of aromatic nitrogens is 2. The van der Waals surface area contributed by atoms with Crippen LogP contribution in [0.2, 0.25) is 0 Å². The molecule has 1 heterocycles. The molecule has 0 aliphatic carbocycles. The first-order valence-corrected chi connectivity index (χ1v) is 5.52. The molecule has 0 aliphatic rings. The van der Waals surface area contributed by atoms with Gasteiger partial charge < -0.3 is 15.6 Å². The van der Waals surface area contributed by atoms with Gasteiger partial charge in [-0.1, -0.05) is 6.92 Å². The van der Waals surface area contributed by atoms with E-state index in [0.29, 0.717) is 0 Å². The number of nitrogens with zero attached hydrogens (tertiary/aromatic N) is 2. The molecule has 0 aromatic carbocycles. The van der Waals surface area contributed by atoms with Crippen molar-refractivity contribution in [3.8, 4) is 0 Å². The summed E-state index contributed by atoms with van der Waals surface area (Å²) in [6.07, 6.45) is 5.33. The first kappa shape index (κ1) is 12.7. The minimum atomic E-state index is -0.162. The number of rotatable bonds is 5. The van der Waals surface area contributed by atoms with Crippen molar-refractivity contribution in [2.45, 2.75) is 39.4 Å². The van der Waals surface area contributed by atoms with E-state index in [2.05, 4.69) is 10.3 Å². The molecule has 0 aliphatic heterocycles. The molecule has 1 amide bonds. The van der Waals surface area contributed by atoms with Crippen LogP contribution in [0.15, 0.2) is 18.7 Å². The molecule has 5 heteroatoms. The predicted octanol–water partition coefficient (Wildman–Crippen LogP) is 0.371. The SMILES string of the molecule is CC(Cn1ccnc1)NC(=O)C(C)C(C)N. The maximum atomic E-state index is 11.7. The summed E-state index contributed by atoms with van der Waals surface area (Å²) in [6, 6.07) is -0.0525. The Morgan fingerprint density at radius 2 is 2.19 bits per heavy atom. The van der Waals surface area contributed by atoms with E-state index in [0.717, 1.165) is 6.54 Å². The highest BCUT2D eigenvalue weighted by atomic mass is 16.1. The monoisotopic (exact) mass is 224 g/mol. The Bertz CT molecular complexity index is 321. The number of hydrogen-bond donors (Lipinski definition) is 2. The van der Waals surface area contributed by atoms with Crippen LogP contribution in [0.4, 0.5) is 0 Å². The lowest BCUT2D eigenvalue weighted by Crippen LogP contribution is -2.43. The Balaban J connectivity index is 2.39. The Morgan fingerprint density at radius 3 is 2.69 bits per heavy atom. The number of nitrogens with two attached hydrogens (primary N) is 1. The maximum Gasteiger partial charge on any atom is 0.224 e. The second-order valence-corrected chi connectivity index (χ2v) is 4.32. The molecule has 90 valence electrons. The highest BCUT2D eigenvalue weighted by molar-refractivity contribution is 5.79. The minimum Gasteiger partial charge on any atom is -0.352 e. The van der Waals surface area contributed by atoms with E-state index in [4.69, 9.17) is 5.73 Å². The average Bonchev–Trinajstić information content (AvgIpc) is 2.68. The molecule has 0 spiro atoms. The first-order valence-electron chi connectivity index (χ1n) is 5.52. The van der Waals surface area contributed by atoms with Crippen molar-refractivity contribution in [1.29, 1.82) is 0 Å². The van der Waals surface area contributed by atoms with Gasteiger partial charge in [0.1, 0.15) is 0 Å². The van der Waals surface area contributed by atoms with Crippen molar-refractivity contribution in [1.82, 2.24) is 14.9 Å². The van der Waals surface area contributed by atoms with E-state index in [1.165, 1.54) is 0 Å². The second-order valence-electron chi connectivity index (χ2n) is 4.32. The smallest absolute Gasteiger partial charge is 0.224 e. The lowest BCUT2D eigenvalue weighted by atomic mass is 10.0. The molecule has 0 saturated heterocycles. The van der Waals surface area contributed by atoms with Gasteiger partial charge in [-0.3, -0.25) is 4.79 Å². The zero-order valence-electron chi connectivity index (χ0n) is 10.1. The van der Waals surface area contributed by atoms with Crippen LogP contribution in [0.5, 0.6) is 0 Å². The fraction of sp³-hybridized carbons (Fsp3) is 0.636. The lowest BCUT2D eigenvalue weighted by molar-refractivity contribution is -0.125. The summed E-state index contributed by atoms with van der Waals surface area (Å²) in [5, 5.41) is 2.93. The van der Waals surface area contributed by atoms with Crippen LogP contribution in [0, 0.1) is 5.92 Å². The molecule has 3 atom stereocenters. The highest BCUT2D eigenvalue weighted by Crippen LogP contribution is 2.01. The van der Waals surface area contributed by atoms with Crippen LogP contribution < -0.4 is 11.1 Å². The number of nitrogens with one attached hydrogen (secondary N) is 1. The molecule has 0 fully saturated rings. The molecule has 1 aromatic rings. The van der Waals surface area contributed by atoms with Gasteiger partial charge >= 0.3 is 0 Å². The van der Waals surface area contributed by atoms with E-state index < -0.39 is 0 Å². The summed E-state index contributed by atoms with van der Waals surface area (Å²) in [5.74, 6) is -0.159. The fourth-order valence-electron chi connectivity index (χ4n) is 1.37.